The molecule has 6 heteroatoms. The van der Waals surface area contributed by atoms with Gasteiger partial charge in [0, 0.05) is 17.0 Å². The van der Waals surface area contributed by atoms with E-state index in [0.29, 0.717) is 29.4 Å². The lowest BCUT2D eigenvalue weighted by Crippen LogP contribution is -2.46. The van der Waals surface area contributed by atoms with Crippen molar-refractivity contribution < 1.29 is 14.3 Å². The summed E-state index contributed by atoms with van der Waals surface area (Å²) >= 11 is 5.96. The van der Waals surface area contributed by atoms with Crippen molar-refractivity contribution in [2.45, 2.75) is 24.8 Å². The molecule has 0 fully saturated rings. The number of hydrogen-bond donors (Lipinski definition) is 2. The topological polar surface area (TPSA) is 81.4 Å². The number of amides is 2. The minimum absolute atomic E-state index is 0.0622. The van der Waals surface area contributed by atoms with Crippen LogP contribution in [-0.4, -0.2) is 24.5 Å². The molecular weight excluding hydrogens is 292 g/mol. The Morgan fingerprint density at radius 1 is 1.57 bits per heavy atom. The molecule has 0 radical (unpaired) electrons. The van der Waals surface area contributed by atoms with Crippen molar-refractivity contribution in [3.63, 3.8) is 0 Å². The Hall–Kier alpha value is -2.19. The second-order valence-electron chi connectivity index (χ2n) is 4.74. The summed E-state index contributed by atoms with van der Waals surface area (Å²) in [5.41, 5.74) is 5.93. The predicted molar refractivity (Wildman–Crippen MR) is 78.9 cm³/mol. The fourth-order valence-electron chi connectivity index (χ4n) is 2.25. The number of nitrogens with one attached hydrogen (secondary N) is 1. The summed E-state index contributed by atoms with van der Waals surface area (Å²) in [5.74, 6) is 1.55. The minimum Gasteiger partial charge on any atom is -0.493 e. The number of nitrogens with two attached hydrogens (primary N) is 1. The van der Waals surface area contributed by atoms with Crippen LogP contribution in [0.2, 0.25) is 5.02 Å². The molecule has 2 atom stereocenters. The van der Waals surface area contributed by atoms with Gasteiger partial charge in [-0.3, -0.25) is 9.59 Å². The fourth-order valence-corrected chi connectivity index (χ4v) is 2.43. The van der Waals surface area contributed by atoms with Crippen molar-refractivity contribution in [1.82, 2.24) is 5.32 Å². The maximum Gasteiger partial charge on any atom is 0.240 e. The van der Waals surface area contributed by atoms with Crippen molar-refractivity contribution in [3.05, 3.63) is 28.8 Å². The Bertz CT molecular complexity index is 609. The molecule has 0 spiro atoms. The molecule has 1 aliphatic heterocycles. The number of terminal acetylenes is 1. The summed E-state index contributed by atoms with van der Waals surface area (Å²) in [5, 5.41) is 3.11. The van der Waals surface area contributed by atoms with Crippen molar-refractivity contribution in [1.29, 1.82) is 0 Å². The van der Waals surface area contributed by atoms with Crippen molar-refractivity contribution in [2.75, 3.05) is 6.61 Å². The standard InChI is InChI=1S/C15H15ClN2O3/c1-2-3-12(14(17)19)18-15(20)10-6-7-21-13-5-4-9(16)8-11(10)13/h1,4-5,8,10,12H,3,6-7H2,(H2,17,19)(H,18,20). The fraction of sp³-hybridized carbons (Fsp3) is 0.333. The quantitative estimate of drug-likeness (QED) is 0.820. The first-order chi connectivity index (χ1) is 10.0. The number of primary amides is 1. The van der Waals surface area contributed by atoms with Gasteiger partial charge in [-0.1, -0.05) is 11.6 Å². The molecule has 0 aromatic heterocycles. The monoisotopic (exact) mass is 306 g/mol. The number of fused-ring (bicyclic) bond motifs is 1. The first kappa shape index (κ1) is 15.2. The Morgan fingerprint density at radius 2 is 2.33 bits per heavy atom. The minimum atomic E-state index is -0.868. The molecule has 5 nitrogen and oxygen atoms in total. The lowest BCUT2D eigenvalue weighted by Gasteiger charge is -2.26. The molecule has 1 aromatic rings. The lowest BCUT2D eigenvalue weighted by atomic mass is 9.92. The van der Waals surface area contributed by atoms with Crippen LogP contribution in [0.3, 0.4) is 0 Å². The summed E-state index contributed by atoms with van der Waals surface area (Å²) in [6.07, 6.45) is 5.73. The number of ether oxygens (including phenoxy) is 1. The van der Waals surface area contributed by atoms with Crippen LogP contribution >= 0.6 is 11.6 Å². The first-order valence-electron chi connectivity index (χ1n) is 6.48. The zero-order valence-electron chi connectivity index (χ0n) is 11.3. The van der Waals surface area contributed by atoms with E-state index in [1.807, 2.05) is 0 Å². The number of halogens is 1. The molecule has 2 amide bonds. The van der Waals surface area contributed by atoms with Crippen molar-refractivity contribution in [3.8, 4) is 18.1 Å². The van der Waals surface area contributed by atoms with E-state index in [9.17, 15) is 9.59 Å². The average Bonchev–Trinajstić information content (AvgIpc) is 2.45. The van der Waals surface area contributed by atoms with Gasteiger partial charge in [0.1, 0.15) is 11.8 Å². The van der Waals surface area contributed by atoms with E-state index < -0.39 is 17.9 Å². The highest BCUT2D eigenvalue weighted by Gasteiger charge is 2.30. The largest absolute Gasteiger partial charge is 0.493 e. The van der Waals surface area contributed by atoms with E-state index in [2.05, 4.69) is 11.2 Å². The molecule has 21 heavy (non-hydrogen) atoms. The first-order valence-corrected chi connectivity index (χ1v) is 6.86. The number of benzene rings is 1. The second-order valence-corrected chi connectivity index (χ2v) is 5.18. The van der Waals surface area contributed by atoms with Gasteiger partial charge in [0.2, 0.25) is 11.8 Å². The Balaban J connectivity index is 2.20. The normalized spacial score (nSPS) is 17.8. The maximum atomic E-state index is 12.4. The highest BCUT2D eigenvalue weighted by molar-refractivity contribution is 6.30. The van der Waals surface area contributed by atoms with Crippen LogP contribution in [0, 0.1) is 12.3 Å². The summed E-state index contributed by atoms with van der Waals surface area (Å²) in [7, 11) is 0. The zero-order valence-corrected chi connectivity index (χ0v) is 12.0. The van der Waals surface area contributed by atoms with Crippen LogP contribution < -0.4 is 15.8 Å². The third-order valence-electron chi connectivity index (χ3n) is 3.31. The molecule has 0 bridgehead atoms. The smallest absolute Gasteiger partial charge is 0.240 e. The van der Waals surface area contributed by atoms with E-state index in [-0.39, 0.29) is 12.3 Å². The van der Waals surface area contributed by atoms with E-state index in [4.69, 9.17) is 28.5 Å². The average molecular weight is 307 g/mol. The molecule has 0 aliphatic carbocycles. The summed E-state index contributed by atoms with van der Waals surface area (Å²) in [6.45, 7) is 0.420. The number of carbonyl (C=O) groups excluding carboxylic acids is 2. The van der Waals surface area contributed by atoms with E-state index >= 15 is 0 Å². The summed E-state index contributed by atoms with van der Waals surface area (Å²) in [6, 6.07) is 4.25. The Morgan fingerprint density at radius 3 is 3.00 bits per heavy atom. The van der Waals surface area contributed by atoms with Gasteiger partial charge in [-0.05, 0) is 24.6 Å². The molecular formula is C15H15ClN2O3. The van der Waals surface area contributed by atoms with E-state index in [1.54, 1.807) is 18.2 Å². The third-order valence-corrected chi connectivity index (χ3v) is 3.54. The predicted octanol–water partition coefficient (Wildman–Crippen LogP) is 1.20. The van der Waals surface area contributed by atoms with Gasteiger partial charge in [0.05, 0.1) is 12.5 Å². The Kier molecular flexibility index (Phi) is 4.71. The van der Waals surface area contributed by atoms with Crippen LogP contribution in [0.5, 0.6) is 5.75 Å². The lowest BCUT2D eigenvalue weighted by molar-refractivity contribution is -0.128. The Labute approximate surface area is 127 Å². The molecule has 110 valence electrons. The van der Waals surface area contributed by atoms with Gasteiger partial charge < -0.3 is 15.8 Å². The molecule has 0 saturated heterocycles. The van der Waals surface area contributed by atoms with Gasteiger partial charge in [0.15, 0.2) is 0 Å². The van der Waals surface area contributed by atoms with Crippen LogP contribution in [0.15, 0.2) is 18.2 Å². The highest BCUT2D eigenvalue weighted by atomic mass is 35.5. The molecule has 2 unspecified atom stereocenters. The number of carbonyl (C=O) groups is 2. The van der Waals surface area contributed by atoms with E-state index in [0.717, 1.165) is 0 Å². The molecule has 1 heterocycles. The molecule has 2 rings (SSSR count). The number of hydrogen-bond acceptors (Lipinski definition) is 3. The van der Waals surface area contributed by atoms with E-state index in [1.165, 1.54) is 0 Å². The summed E-state index contributed by atoms with van der Waals surface area (Å²) < 4.78 is 5.50. The van der Waals surface area contributed by atoms with Gasteiger partial charge in [-0.25, -0.2) is 0 Å². The van der Waals surface area contributed by atoms with Crippen LogP contribution in [-0.2, 0) is 9.59 Å². The van der Waals surface area contributed by atoms with Gasteiger partial charge in [0.25, 0.3) is 0 Å². The van der Waals surface area contributed by atoms with Crippen molar-refractivity contribution in [2.24, 2.45) is 5.73 Å². The molecule has 3 N–H and O–H groups in total. The number of rotatable bonds is 4. The van der Waals surface area contributed by atoms with Gasteiger partial charge in [-0.2, -0.15) is 0 Å². The van der Waals surface area contributed by atoms with Crippen LogP contribution in [0.1, 0.15) is 24.3 Å². The highest BCUT2D eigenvalue weighted by Crippen LogP contribution is 2.35. The third kappa shape index (κ3) is 3.47. The van der Waals surface area contributed by atoms with Crippen LogP contribution in [0.25, 0.3) is 0 Å². The molecule has 0 saturated carbocycles. The molecule has 1 aliphatic rings. The SMILES string of the molecule is C#CCC(NC(=O)C1CCOc2ccc(Cl)cc21)C(N)=O. The summed E-state index contributed by atoms with van der Waals surface area (Å²) in [4.78, 5) is 23.6. The second kappa shape index (κ2) is 6.51. The maximum absolute atomic E-state index is 12.4. The van der Waals surface area contributed by atoms with Crippen molar-refractivity contribution >= 4 is 23.4 Å². The van der Waals surface area contributed by atoms with Crippen LogP contribution in [0.4, 0.5) is 0 Å². The molecule has 1 aromatic carbocycles. The van der Waals surface area contributed by atoms with Gasteiger partial charge >= 0.3 is 0 Å². The van der Waals surface area contributed by atoms with Gasteiger partial charge in [-0.15, -0.1) is 12.3 Å². The zero-order chi connectivity index (χ0) is 15.4.